The molecule has 0 aliphatic rings. The maximum absolute atomic E-state index is 5.82. The highest BCUT2D eigenvalue weighted by atomic mass is 32.1. The van der Waals surface area contributed by atoms with Gasteiger partial charge in [0.2, 0.25) is 0 Å². The van der Waals surface area contributed by atoms with Crippen molar-refractivity contribution in [2.45, 2.75) is 59.4 Å². The van der Waals surface area contributed by atoms with Gasteiger partial charge in [-0.1, -0.05) is 12.8 Å². The Morgan fingerprint density at radius 2 is 1.35 bits per heavy atom. The van der Waals surface area contributed by atoms with Crippen molar-refractivity contribution < 1.29 is 18.0 Å². The summed E-state index contributed by atoms with van der Waals surface area (Å²) in [6.07, 6.45) is 4.39. The maximum atomic E-state index is 5.82. The summed E-state index contributed by atoms with van der Waals surface area (Å²) in [6.45, 7) is 10.4. The fourth-order valence-electron chi connectivity index (χ4n) is 2.01. The molecule has 0 N–H and O–H groups in total. The Bertz CT molecular complexity index is 234. The molecule has 0 heterocycles. The van der Waals surface area contributed by atoms with Crippen molar-refractivity contribution in [3.63, 3.8) is 0 Å². The Labute approximate surface area is 130 Å². The van der Waals surface area contributed by atoms with Crippen LogP contribution in [0, 0.1) is 0 Å². The highest BCUT2D eigenvalue weighted by Crippen LogP contribution is 2.20. The predicted molar refractivity (Wildman–Crippen MR) is 88.1 cm³/mol. The van der Waals surface area contributed by atoms with Gasteiger partial charge in [0, 0.05) is 32.8 Å². The quantitative estimate of drug-likeness (QED) is 0.291. The van der Waals surface area contributed by atoms with Gasteiger partial charge in [-0.15, -0.1) is 0 Å². The van der Waals surface area contributed by atoms with E-state index in [0.29, 0.717) is 24.9 Å². The SMILES string of the molecule is CCO[Si](CCCCCCOC(C)=S)(OCC)OCC. The normalized spacial score (nSPS) is 11.6. The van der Waals surface area contributed by atoms with Crippen LogP contribution in [0.3, 0.4) is 0 Å². The molecule has 0 unspecified atom stereocenters. The van der Waals surface area contributed by atoms with E-state index in [2.05, 4.69) is 0 Å². The van der Waals surface area contributed by atoms with Gasteiger partial charge < -0.3 is 18.0 Å². The molecule has 0 rings (SSSR count). The summed E-state index contributed by atoms with van der Waals surface area (Å²) in [6, 6.07) is 0.898. The van der Waals surface area contributed by atoms with Crippen LogP contribution in [0.15, 0.2) is 0 Å². The van der Waals surface area contributed by atoms with Crippen molar-refractivity contribution in [3.8, 4) is 0 Å². The van der Waals surface area contributed by atoms with Gasteiger partial charge in [-0.3, -0.25) is 0 Å². The summed E-state index contributed by atoms with van der Waals surface area (Å²) in [5.74, 6) is 0. The molecule has 0 aliphatic carbocycles. The lowest BCUT2D eigenvalue weighted by Gasteiger charge is -2.28. The first-order valence-electron chi connectivity index (χ1n) is 7.65. The van der Waals surface area contributed by atoms with Crippen LogP contribution in [0.1, 0.15) is 53.4 Å². The fourth-order valence-corrected chi connectivity index (χ4v) is 4.78. The molecule has 20 heavy (non-hydrogen) atoms. The van der Waals surface area contributed by atoms with Crippen LogP contribution in [0.2, 0.25) is 6.04 Å². The highest BCUT2D eigenvalue weighted by Gasteiger charge is 2.39. The Morgan fingerprint density at radius 1 is 0.850 bits per heavy atom. The molecule has 0 fully saturated rings. The molecule has 6 heteroatoms. The van der Waals surface area contributed by atoms with Crippen LogP contribution in [0.4, 0.5) is 0 Å². The van der Waals surface area contributed by atoms with Gasteiger partial charge in [0.25, 0.3) is 0 Å². The van der Waals surface area contributed by atoms with Gasteiger partial charge in [-0.05, 0) is 45.8 Å². The Hall–Kier alpha value is -0.0131. The smallest absolute Gasteiger partial charge is 0.487 e. The van der Waals surface area contributed by atoms with E-state index in [4.69, 9.17) is 30.2 Å². The molecule has 0 bridgehead atoms. The van der Waals surface area contributed by atoms with E-state index in [1.807, 2.05) is 27.7 Å². The number of ether oxygens (including phenoxy) is 1. The average molecular weight is 323 g/mol. The minimum Gasteiger partial charge on any atom is -0.487 e. The van der Waals surface area contributed by atoms with Gasteiger partial charge in [-0.25, -0.2) is 0 Å². The second-order valence-electron chi connectivity index (χ2n) is 4.49. The van der Waals surface area contributed by atoms with Crippen molar-refractivity contribution in [3.05, 3.63) is 0 Å². The summed E-state index contributed by atoms with van der Waals surface area (Å²) in [5, 5.41) is 0.625. The lowest BCUT2D eigenvalue weighted by Crippen LogP contribution is -2.45. The van der Waals surface area contributed by atoms with Crippen molar-refractivity contribution in [2.24, 2.45) is 0 Å². The summed E-state index contributed by atoms with van der Waals surface area (Å²) in [4.78, 5) is 0. The topological polar surface area (TPSA) is 36.9 Å². The van der Waals surface area contributed by atoms with Gasteiger partial charge in [0.15, 0.2) is 5.05 Å². The molecule has 0 saturated heterocycles. The summed E-state index contributed by atoms with van der Waals surface area (Å²) in [7, 11) is -2.43. The molecular weight excluding hydrogens is 292 g/mol. The van der Waals surface area contributed by atoms with Crippen molar-refractivity contribution in [1.82, 2.24) is 0 Å². The fraction of sp³-hybridized carbons (Fsp3) is 0.929. The van der Waals surface area contributed by atoms with Crippen molar-refractivity contribution in [1.29, 1.82) is 0 Å². The van der Waals surface area contributed by atoms with Crippen LogP contribution in [-0.4, -0.2) is 40.3 Å². The molecule has 0 atom stereocenters. The van der Waals surface area contributed by atoms with Crippen LogP contribution in [0.25, 0.3) is 0 Å². The van der Waals surface area contributed by atoms with E-state index in [1.54, 1.807) is 0 Å². The Kier molecular flexibility index (Phi) is 12.7. The number of hydrogen-bond donors (Lipinski definition) is 0. The van der Waals surface area contributed by atoms with Crippen LogP contribution in [0.5, 0.6) is 0 Å². The van der Waals surface area contributed by atoms with Gasteiger partial charge in [0.05, 0.1) is 6.61 Å². The van der Waals surface area contributed by atoms with Gasteiger partial charge >= 0.3 is 8.80 Å². The molecule has 120 valence electrons. The lowest BCUT2D eigenvalue weighted by atomic mass is 10.2. The standard InChI is InChI=1S/C14H30O4SSi/c1-5-16-20(17-6-2,18-7-3)13-11-9-8-10-12-15-14(4)19/h5-13H2,1-4H3. The number of thiocarbonyl (C=S) groups is 1. The van der Waals surface area contributed by atoms with Crippen molar-refractivity contribution in [2.75, 3.05) is 26.4 Å². The molecule has 0 saturated carbocycles. The number of rotatable bonds is 13. The summed E-state index contributed by atoms with van der Waals surface area (Å²) >= 11 is 4.87. The summed E-state index contributed by atoms with van der Waals surface area (Å²) in [5.41, 5.74) is 0. The number of unbranched alkanes of at least 4 members (excludes halogenated alkanes) is 3. The lowest BCUT2D eigenvalue weighted by molar-refractivity contribution is 0.0706. The second-order valence-corrected chi connectivity index (χ2v) is 7.79. The minimum atomic E-state index is -2.43. The first-order valence-corrected chi connectivity index (χ1v) is 9.99. The molecule has 0 aromatic rings. The molecule has 0 aliphatic heterocycles. The minimum absolute atomic E-state index is 0.625. The average Bonchev–Trinajstić information content (AvgIpc) is 2.38. The molecule has 0 radical (unpaired) electrons. The van der Waals surface area contributed by atoms with Gasteiger partial charge in [-0.2, -0.15) is 0 Å². The predicted octanol–water partition coefficient (Wildman–Crippen LogP) is 3.96. The van der Waals surface area contributed by atoms with E-state index in [-0.39, 0.29) is 0 Å². The van der Waals surface area contributed by atoms with E-state index in [1.165, 1.54) is 0 Å². The zero-order valence-corrected chi connectivity index (χ0v) is 15.2. The van der Waals surface area contributed by atoms with Gasteiger partial charge in [0.1, 0.15) is 0 Å². The molecule has 4 nitrogen and oxygen atoms in total. The molecule has 0 amide bonds. The van der Waals surface area contributed by atoms with E-state index < -0.39 is 8.80 Å². The largest absolute Gasteiger partial charge is 0.500 e. The third-order valence-electron chi connectivity index (χ3n) is 2.78. The third-order valence-corrected chi connectivity index (χ3v) is 6.04. The first kappa shape index (κ1) is 20.0. The number of hydrogen-bond acceptors (Lipinski definition) is 5. The van der Waals surface area contributed by atoms with Crippen LogP contribution < -0.4 is 0 Å². The first-order chi connectivity index (χ1) is 9.60. The van der Waals surface area contributed by atoms with E-state index in [0.717, 1.165) is 38.3 Å². The Balaban J connectivity index is 3.91. The zero-order chi connectivity index (χ0) is 15.3. The maximum Gasteiger partial charge on any atom is 0.500 e. The highest BCUT2D eigenvalue weighted by molar-refractivity contribution is 7.80. The third kappa shape index (κ3) is 9.82. The van der Waals surface area contributed by atoms with E-state index >= 15 is 0 Å². The molecule has 0 aromatic carbocycles. The zero-order valence-electron chi connectivity index (χ0n) is 13.4. The molecule has 0 spiro atoms. The monoisotopic (exact) mass is 322 g/mol. The van der Waals surface area contributed by atoms with Crippen LogP contribution >= 0.6 is 12.2 Å². The van der Waals surface area contributed by atoms with Crippen LogP contribution in [-0.2, 0) is 18.0 Å². The molecule has 0 aromatic heterocycles. The Morgan fingerprint density at radius 3 is 1.80 bits per heavy atom. The second kappa shape index (κ2) is 12.7. The summed E-state index contributed by atoms with van der Waals surface area (Å²) < 4.78 is 22.7. The van der Waals surface area contributed by atoms with Crippen molar-refractivity contribution >= 4 is 26.1 Å². The molecular formula is C14H30O4SSi. The van der Waals surface area contributed by atoms with E-state index in [9.17, 15) is 0 Å².